The van der Waals surface area contributed by atoms with Gasteiger partial charge in [-0.05, 0) is 44.5 Å². The highest BCUT2D eigenvalue weighted by Gasteiger charge is 2.21. The molecule has 9 nitrogen and oxygen atoms in total. The second kappa shape index (κ2) is 8.26. The lowest BCUT2D eigenvalue weighted by molar-refractivity contribution is -0.386. The molecule has 0 saturated carbocycles. The quantitative estimate of drug-likeness (QED) is 0.452. The smallest absolute Gasteiger partial charge is 0.312 e. The van der Waals surface area contributed by atoms with Crippen molar-refractivity contribution < 1.29 is 9.72 Å². The summed E-state index contributed by atoms with van der Waals surface area (Å²) in [6.07, 6.45) is 1.89. The zero-order valence-corrected chi connectivity index (χ0v) is 17.0. The number of rotatable bonds is 7. The monoisotopic (exact) mass is 396 g/mol. The van der Waals surface area contributed by atoms with Crippen LogP contribution in [0.2, 0.25) is 0 Å². The van der Waals surface area contributed by atoms with Crippen molar-refractivity contribution in [1.82, 2.24) is 24.5 Å². The lowest BCUT2D eigenvalue weighted by Crippen LogP contribution is -2.26. The van der Waals surface area contributed by atoms with Crippen molar-refractivity contribution in [2.45, 2.75) is 40.4 Å². The van der Waals surface area contributed by atoms with E-state index in [0.29, 0.717) is 30.0 Å². The molecule has 29 heavy (non-hydrogen) atoms. The van der Waals surface area contributed by atoms with Gasteiger partial charge in [0.1, 0.15) is 11.4 Å². The molecule has 0 radical (unpaired) electrons. The van der Waals surface area contributed by atoms with Gasteiger partial charge in [0.25, 0.3) is 5.91 Å². The van der Waals surface area contributed by atoms with Crippen molar-refractivity contribution in [2.75, 3.05) is 7.05 Å². The highest BCUT2D eigenvalue weighted by Crippen LogP contribution is 2.22. The molecule has 0 aliphatic rings. The lowest BCUT2D eigenvalue weighted by Gasteiger charge is -2.16. The van der Waals surface area contributed by atoms with E-state index in [1.165, 1.54) is 0 Å². The first-order valence-electron chi connectivity index (χ1n) is 9.35. The molecule has 0 aliphatic heterocycles. The van der Waals surface area contributed by atoms with E-state index >= 15 is 0 Å². The van der Waals surface area contributed by atoms with Gasteiger partial charge in [0.2, 0.25) is 0 Å². The van der Waals surface area contributed by atoms with Gasteiger partial charge in [-0.25, -0.2) is 0 Å². The molecule has 3 rings (SSSR count). The van der Waals surface area contributed by atoms with Crippen LogP contribution in [0.15, 0.2) is 36.5 Å². The van der Waals surface area contributed by atoms with Crippen LogP contribution in [0.25, 0.3) is 0 Å². The van der Waals surface area contributed by atoms with E-state index in [2.05, 4.69) is 10.2 Å². The Balaban J connectivity index is 1.69. The number of benzene rings is 1. The van der Waals surface area contributed by atoms with Crippen molar-refractivity contribution in [3.05, 3.63) is 74.9 Å². The average molecular weight is 396 g/mol. The Morgan fingerprint density at radius 1 is 1.17 bits per heavy atom. The molecular formula is C20H24N6O3. The Labute approximate surface area is 168 Å². The third kappa shape index (κ3) is 4.34. The summed E-state index contributed by atoms with van der Waals surface area (Å²) >= 11 is 0. The van der Waals surface area contributed by atoms with Crippen molar-refractivity contribution in [2.24, 2.45) is 0 Å². The summed E-state index contributed by atoms with van der Waals surface area (Å²) in [5.41, 5.74) is 3.27. The predicted molar refractivity (Wildman–Crippen MR) is 108 cm³/mol. The van der Waals surface area contributed by atoms with Crippen molar-refractivity contribution in [3.63, 3.8) is 0 Å². The summed E-state index contributed by atoms with van der Waals surface area (Å²) in [6, 6.07) is 9.12. The molecular weight excluding hydrogens is 372 g/mol. The van der Waals surface area contributed by atoms with Gasteiger partial charge >= 0.3 is 5.69 Å². The van der Waals surface area contributed by atoms with Crippen LogP contribution in [0.3, 0.4) is 0 Å². The van der Waals surface area contributed by atoms with Crippen LogP contribution in [-0.2, 0) is 19.6 Å². The molecule has 0 unspecified atom stereocenters. The maximum Gasteiger partial charge on any atom is 0.312 e. The molecule has 2 heterocycles. The molecule has 0 N–H and O–H groups in total. The van der Waals surface area contributed by atoms with Gasteiger partial charge in [-0.2, -0.15) is 10.2 Å². The standard InChI is InChI=1S/C20H24N6O3/c1-5-24-11-10-18(22-24)13-23(4)20(27)17-8-6-16(7-9-17)12-25-15(3)19(26(28)29)14(2)21-25/h6-11H,5,12-13H2,1-4H3. The zero-order valence-electron chi connectivity index (χ0n) is 17.0. The van der Waals surface area contributed by atoms with E-state index in [4.69, 9.17) is 0 Å². The Kier molecular flexibility index (Phi) is 5.76. The average Bonchev–Trinajstić information content (AvgIpc) is 3.25. The SMILES string of the molecule is CCn1ccc(CN(C)C(=O)c2ccc(Cn3nc(C)c([N+](=O)[O-])c3C)cc2)n1. The second-order valence-electron chi connectivity index (χ2n) is 6.96. The lowest BCUT2D eigenvalue weighted by atomic mass is 10.1. The highest BCUT2D eigenvalue weighted by atomic mass is 16.6. The second-order valence-corrected chi connectivity index (χ2v) is 6.96. The van der Waals surface area contributed by atoms with Gasteiger partial charge in [-0.15, -0.1) is 0 Å². The first-order chi connectivity index (χ1) is 13.8. The summed E-state index contributed by atoms with van der Waals surface area (Å²) in [5.74, 6) is -0.0932. The number of carbonyl (C=O) groups is 1. The predicted octanol–water partition coefficient (Wildman–Crippen LogP) is 2.95. The number of nitro groups is 1. The molecule has 9 heteroatoms. The minimum Gasteiger partial charge on any atom is -0.336 e. The van der Waals surface area contributed by atoms with Crippen LogP contribution >= 0.6 is 0 Å². The molecule has 0 aliphatic carbocycles. The van der Waals surface area contributed by atoms with Crippen LogP contribution in [-0.4, -0.2) is 42.3 Å². The number of carbonyl (C=O) groups excluding carboxylic acids is 1. The van der Waals surface area contributed by atoms with Crippen LogP contribution in [0.5, 0.6) is 0 Å². The van der Waals surface area contributed by atoms with Crippen molar-refractivity contribution in [3.8, 4) is 0 Å². The Morgan fingerprint density at radius 3 is 2.41 bits per heavy atom. The Bertz CT molecular complexity index is 1040. The summed E-state index contributed by atoms with van der Waals surface area (Å²) < 4.78 is 3.44. The summed E-state index contributed by atoms with van der Waals surface area (Å²) in [6.45, 7) is 6.95. The first-order valence-corrected chi connectivity index (χ1v) is 9.35. The number of hydrogen-bond acceptors (Lipinski definition) is 5. The van der Waals surface area contributed by atoms with Crippen molar-refractivity contribution >= 4 is 11.6 Å². The summed E-state index contributed by atoms with van der Waals surface area (Å²) in [4.78, 5) is 25.0. The normalized spacial score (nSPS) is 10.9. The third-order valence-corrected chi connectivity index (χ3v) is 4.82. The van der Waals surface area contributed by atoms with Crippen LogP contribution in [0.1, 0.15) is 39.9 Å². The number of hydrogen-bond donors (Lipinski definition) is 0. The van der Waals surface area contributed by atoms with Gasteiger partial charge in [-0.1, -0.05) is 12.1 Å². The van der Waals surface area contributed by atoms with E-state index in [1.54, 1.807) is 42.6 Å². The largest absolute Gasteiger partial charge is 0.336 e. The minimum absolute atomic E-state index is 0.0453. The first kappa shape index (κ1) is 20.2. The van der Waals surface area contributed by atoms with E-state index < -0.39 is 4.92 Å². The molecule has 0 spiro atoms. The summed E-state index contributed by atoms with van der Waals surface area (Å²) in [7, 11) is 1.75. The molecule has 0 bridgehead atoms. The number of nitrogens with zero attached hydrogens (tertiary/aromatic N) is 6. The van der Waals surface area contributed by atoms with Gasteiger partial charge in [0.05, 0.1) is 23.7 Å². The molecule has 1 amide bonds. The zero-order chi connectivity index (χ0) is 21.1. The van der Waals surface area contributed by atoms with Crippen LogP contribution in [0.4, 0.5) is 5.69 Å². The van der Waals surface area contributed by atoms with Crippen LogP contribution in [0, 0.1) is 24.0 Å². The number of aromatic nitrogens is 4. The fraction of sp³-hybridized carbons (Fsp3) is 0.350. The fourth-order valence-electron chi connectivity index (χ4n) is 3.23. The van der Waals surface area contributed by atoms with Gasteiger partial charge < -0.3 is 4.90 Å². The maximum atomic E-state index is 12.7. The molecule has 0 saturated heterocycles. The van der Waals surface area contributed by atoms with Gasteiger partial charge in [-0.3, -0.25) is 24.3 Å². The van der Waals surface area contributed by atoms with E-state index in [1.807, 2.05) is 36.0 Å². The van der Waals surface area contributed by atoms with E-state index in [9.17, 15) is 14.9 Å². The van der Waals surface area contributed by atoms with Crippen molar-refractivity contribution in [1.29, 1.82) is 0 Å². The van der Waals surface area contributed by atoms with Gasteiger partial charge in [0, 0.05) is 25.4 Å². The molecule has 3 aromatic rings. The van der Waals surface area contributed by atoms with Gasteiger partial charge in [0.15, 0.2) is 0 Å². The van der Waals surface area contributed by atoms with Crippen LogP contribution < -0.4 is 0 Å². The summed E-state index contributed by atoms with van der Waals surface area (Å²) in [5, 5.41) is 19.8. The maximum absolute atomic E-state index is 12.7. The molecule has 0 fully saturated rings. The van der Waals surface area contributed by atoms with E-state index in [-0.39, 0.29) is 11.6 Å². The Hall–Kier alpha value is -3.49. The minimum atomic E-state index is -0.407. The molecule has 152 valence electrons. The molecule has 0 atom stereocenters. The fourth-order valence-corrected chi connectivity index (χ4v) is 3.23. The number of amides is 1. The topological polar surface area (TPSA) is 99.1 Å². The number of aryl methyl sites for hydroxylation is 2. The molecule has 1 aromatic carbocycles. The molecule has 2 aromatic heterocycles. The third-order valence-electron chi connectivity index (χ3n) is 4.82. The van der Waals surface area contributed by atoms with E-state index in [0.717, 1.165) is 17.8 Å². The highest BCUT2D eigenvalue weighted by molar-refractivity contribution is 5.94. The Morgan fingerprint density at radius 2 is 1.86 bits per heavy atom.